The van der Waals surface area contributed by atoms with Crippen LogP contribution in [-0.4, -0.2) is 31.5 Å². The number of hydrogen-bond acceptors (Lipinski definition) is 3. The summed E-state index contributed by atoms with van der Waals surface area (Å²) in [6.45, 7) is 0.906. The van der Waals surface area contributed by atoms with Crippen LogP contribution in [-0.2, 0) is 11.3 Å². The van der Waals surface area contributed by atoms with E-state index in [1.807, 2.05) is 36.2 Å². The van der Waals surface area contributed by atoms with Crippen molar-refractivity contribution in [1.82, 2.24) is 4.90 Å². The van der Waals surface area contributed by atoms with Gasteiger partial charge in [-0.05, 0) is 42.9 Å². The summed E-state index contributed by atoms with van der Waals surface area (Å²) in [6.07, 6.45) is 0. The molecule has 0 aromatic heterocycles. The number of carbonyl (C=O) groups excluding carboxylic acids is 1. The van der Waals surface area contributed by atoms with E-state index in [0.29, 0.717) is 22.3 Å². The van der Waals surface area contributed by atoms with Crippen molar-refractivity contribution in [3.8, 4) is 5.75 Å². The maximum absolute atomic E-state index is 12.1. The normalized spacial score (nSPS) is 10.7. The van der Waals surface area contributed by atoms with Crippen molar-refractivity contribution in [1.29, 1.82) is 0 Å². The number of nitrogens with one attached hydrogen (secondary N) is 1. The van der Waals surface area contributed by atoms with Gasteiger partial charge >= 0.3 is 0 Å². The number of amides is 1. The van der Waals surface area contributed by atoms with Gasteiger partial charge in [-0.15, -0.1) is 0 Å². The molecule has 0 radical (unpaired) electrons. The highest BCUT2D eigenvalue weighted by molar-refractivity contribution is 6.42. The molecular formula is C17H18Cl2N2O2. The molecule has 2 aromatic carbocycles. The second-order valence-corrected chi connectivity index (χ2v) is 6.02. The summed E-state index contributed by atoms with van der Waals surface area (Å²) in [4.78, 5) is 14.0. The molecule has 0 unspecified atom stereocenters. The second kappa shape index (κ2) is 8.20. The topological polar surface area (TPSA) is 41.6 Å². The molecule has 0 aliphatic heterocycles. The Hall–Kier alpha value is -1.75. The van der Waals surface area contributed by atoms with Crippen molar-refractivity contribution in [2.45, 2.75) is 6.54 Å². The smallest absolute Gasteiger partial charge is 0.238 e. The Labute approximate surface area is 146 Å². The first-order valence-electron chi connectivity index (χ1n) is 7.04. The molecule has 0 saturated heterocycles. The molecule has 6 heteroatoms. The highest BCUT2D eigenvalue weighted by Crippen LogP contribution is 2.25. The third-order valence-corrected chi connectivity index (χ3v) is 3.94. The van der Waals surface area contributed by atoms with Crippen molar-refractivity contribution in [3.63, 3.8) is 0 Å². The molecule has 2 rings (SSSR count). The standard InChI is InChI=1S/C17H18Cl2N2O2/c1-21(10-12-4-3-5-14(8-12)23-2)11-17(22)20-13-6-7-15(18)16(19)9-13/h3-9H,10-11H2,1-2H3,(H,20,22). The minimum Gasteiger partial charge on any atom is -0.497 e. The Bertz CT molecular complexity index is 692. The van der Waals surface area contributed by atoms with E-state index in [-0.39, 0.29) is 12.5 Å². The van der Waals surface area contributed by atoms with E-state index >= 15 is 0 Å². The summed E-state index contributed by atoms with van der Waals surface area (Å²) in [7, 11) is 3.52. The van der Waals surface area contributed by atoms with Crippen LogP contribution in [0.15, 0.2) is 42.5 Å². The predicted molar refractivity (Wildman–Crippen MR) is 94.4 cm³/mol. The van der Waals surface area contributed by atoms with Gasteiger partial charge in [0.25, 0.3) is 0 Å². The van der Waals surface area contributed by atoms with Crippen LogP contribution < -0.4 is 10.1 Å². The predicted octanol–water partition coefficient (Wildman–Crippen LogP) is 4.07. The van der Waals surface area contributed by atoms with E-state index < -0.39 is 0 Å². The molecule has 0 aliphatic carbocycles. The largest absolute Gasteiger partial charge is 0.497 e. The molecule has 0 heterocycles. The van der Waals surface area contributed by atoms with Gasteiger partial charge in [-0.25, -0.2) is 0 Å². The number of hydrogen-bond donors (Lipinski definition) is 1. The highest BCUT2D eigenvalue weighted by atomic mass is 35.5. The van der Waals surface area contributed by atoms with E-state index in [2.05, 4.69) is 5.32 Å². The lowest BCUT2D eigenvalue weighted by atomic mass is 10.2. The fourth-order valence-electron chi connectivity index (χ4n) is 2.16. The van der Waals surface area contributed by atoms with Gasteiger partial charge in [0.15, 0.2) is 0 Å². The monoisotopic (exact) mass is 352 g/mol. The van der Waals surface area contributed by atoms with E-state index in [1.165, 1.54) is 0 Å². The van der Waals surface area contributed by atoms with Gasteiger partial charge in [0.05, 0.1) is 23.7 Å². The van der Waals surface area contributed by atoms with Crippen LogP contribution in [0.1, 0.15) is 5.56 Å². The van der Waals surface area contributed by atoms with Gasteiger partial charge in [0.2, 0.25) is 5.91 Å². The molecule has 0 spiro atoms. The van der Waals surface area contributed by atoms with Crippen LogP contribution in [0.25, 0.3) is 0 Å². The van der Waals surface area contributed by atoms with Crippen LogP contribution in [0.5, 0.6) is 5.75 Å². The van der Waals surface area contributed by atoms with Crippen LogP contribution >= 0.6 is 23.2 Å². The number of ether oxygens (including phenoxy) is 1. The lowest BCUT2D eigenvalue weighted by Gasteiger charge is -2.17. The molecule has 0 fully saturated rings. The van der Waals surface area contributed by atoms with Crippen LogP contribution in [0, 0.1) is 0 Å². The van der Waals surface area contributed by atoms with Gasteiger partial charge in [-0.1, -0.05) is 35.3 Å². The van der Waals surface area contributed by atoms with E-state index in [0.717, 1.165) is 11.3 Å². The highest BCUT2D eigenvalue weighted by Gasteiger charge is 2.09. The summed E-state index contributed by atoms with van der Waals surface area (Å²) in [5, 5.41) is 3.67. The fraction of sp³-hybridized carbons (Fsp3) is 0.235. The van der Waals surface area contributed by atoms with Gasteiger partial charge in [-0.2, -0.15) is 0 Å². The van der Waals surface area contributed by atoms with Crippen molar-refractivity contribution >= 4 is 34.8 Å². The van der Waals surface area contributed by atoms with Crippen LogP contribution in [0.4, 0.5) is 5.69 Å². The number of methoxy groups -OCH3 is 1. The Balaban J connectivity index is 1.90. The molecule has 23 heavy (non-hydrogen) atoms. The zero-order valence-electron chi connectivity index (χ0n) is 13.0. The molecular weight excluding hydrogens is 335 g/mol. The maximum Gasteiger partial charge on any atom is 0.238 e. The van der Waals surface area contributed by atoms with Crippen molar-refractivity contribution in [2.24, 2.45) is 0 Å². The first kappa shape index (κ1) is 17.6. The summed E-state index contributed by atoms with van der Waals surface area (Å²) in [5.74, 6) is 0.685. The zero-order chi connectivity index (χ0) is 16.8. The molecule has 122 valence electrons. The average molecular weight is 353 g/mol. The summed E-state index contributed by atoms with van der Waals surface area (Å²) in [5.41, 5.74) is 1.70. The lowest BCUT2D eigenvalue weighted by molar-refractivity contribution is -0.117. The summed E-state index contributed by atoms with van der Waals surface area (Å²) >= 11 is 11.8. The number of likely N-dealkylation sites (N-methyl/N-ethyl adjacent to an activating group) is 1. The Morgan fingerprint density at radius 2 is 1.96 bits per heavy atom. The molecule has 0 aliphatic rings. The van der Waals surface area contributed by atoms with Crippen molar-refractivity contribution < 1.29 is 9.53 Å². The van der Waals surface area contributed by atoms with E-state index in [9.17, 15) is 4.79 Å². The molecule has 1 amide bonds. The second-order valence-electron chi connectivity index (χ2n) is 5.20. The van der Waals surface area contributed by atoms with Crippen molar-refractivity contribution in [2.75, 3.05) is 26.0 Å². The Morgan fingerprint density at radius 1 is 1.17 bits per heavy atom. The van der Waals surface area contributed by atoms with Gasteiger partial charge in [0.1, 0.15) is 5.75 Å². The minimum atomic E-state index is -0.117. The number of anilines is 1. The Kier molecular flexibility index (Phi) is 6.28. The fourth-order valence-corrected chi connectivity index (χ4v) is 2.46. The van der Waals surface area contributed by atoms with Gasteiger partial charge in [0, 0.05) is 12.2 Å². The van der Waals surface area contributed by atoms with E-state index in [1.54, 1.807) is 25.3 Å². The molecule has 0 saturated carbocycles. The zero-order valence-corrected chi connectivity index (χ0v) is 14.5. The lowest BCUT2D eigenvalue weighted by Crippen LogP contribution is -2.29. The quantitative estimate of drug-likeness (QED) is 0.851. The molecule has 2 aromatic rings. The first-order valence-corrected chi connectivity index (χ1v) is 7.80. The number of rotatable bonds is 6. The third kappa shape index (κ3) is 5.43. The number of benzene rings is 2. The average Bonchev–Trinajstić information content (AvgIpc) is 2.51. The Morgan fingerprint density at radius 3 is 2.65 bits per heavy atom. The summed E-state index contributed by atoms with van der Waals surface area (Å²) < 4.78 is 5.20. The number of nitrogens with zero attached hydrogens (tertiary/aromatic N) is 1. The van der Waals surface area contributed by atoms with Crippen molar-refractivity contribution in [3.05, 3.63) is 58.1 Å². The molecule has 1 N–H and O–H groups in total. The van der Waals surface area contributed by atoms with Crippen LogP contribution in [0.3, 0.4) is 0 Å². The number of carbonyl (C=O) groups is 1. The van der Waals surface area contributed by atoms with Crippen LogP contribution in [0.2, 0.25) is 10.0 Å². The first-order chi connectivity index (χ1) is 11.0. The molecule has 4 nitrogen and oxygen atoms in total. The SMILES string of the molecule is COc1cccc(CN(C)CC(=O)Nc2ccc(Cl)c(Cl)c2)c1. The minimum absolute atomic E-state index is 0.117. The van der Waals surface area contributed by atoms with Gasteiger partial charge in [-0.3, -0.25) is 9.69 Å². The molecule has 0 atom stereocenters. The van der Waals surface area contributed by atoms with E-state index in [4.69, 9.17) is 27.9 Å². The maximum atomic E-state index is 12.1. The molecule has 0 bridgehead atoms. The number of halogens is 2. The van der Waals surface area contributed by atoms with Gasteiger partial charge < -0.3 is 10.1 Å². The third-order valence-electron chi connectivity index (χ3n) is 3.20. The summed E-state index contributed by atoms with van der Waals surface area (Å²) in [6, 6.07) is 12.8.